The Morgan fingerprint density at radius 2 is 1.95 bits per heavy atom. The highest BCUT2D eigenvalue weighted by Crippen LogP contribution is 2.29. The number of fused-ring (bicyclic) bond motifs is 1. The van der Waals surface area contributed by atoms with Gasteiger partial charge in [0.25, 0.3) is 0 Å². The van der Waals surface area contributed by atoms with Gasteiger partial charge in [-0.1, -0.05) is 32.0 Å². The van der Waals surface area contributed by atoms with Crippen LogP contribution in [0.5, 0.6) is 0 Å². The topological polar surface area (TPSA) is 28.4 Å². The third kappa shape index (κ3) is 3.54. The summed E-state index contributed by atoms with van der Waals surface area (Å²) in [5.74, 6) is 0. The van der Waals surface area contributed by atoms with Crippen molar-refractivity contribution >= 4 is 22.6 Å². The van der Waals surface area contributed by atoms with Gasteiger partial charge in [0.2, 0.25) is 0 Å². The summed E-state index contributed by atoms with van der Waals surface area (Å²) in [5.41, 5.74) is 1.90. The molecule has 4 heteroatoms. The van der Waals surface area contributed by atoms with Gasteiger partial charge in [-0.3, -0.25) is 0 Å². The zero-order chi connectivity index (χ0) is 14.5. The minimum Gasteiger partial charge on any atom is -0.444 e. The molecule has 20 heavy (non-hydrogen) atoms. The van der Waals surface area contributed by atoms with Crippen molar-refractivity contribution < 1.29 is 4.42 Å². The summed E-state index contributed by atoms with van der Waals surface area (Å²) in [6.45, 7) is 10.5. The average Bonchev–Trinajstić information content (AvgIpc) is 2.78. The Kier molecular flexibility index (Phi) is 5.46. The SMILES string of the molecule is CCN(CC)CC(C)NCc1c(Cl)oc2ccccc12. The van der Waals surface area contributed by atoms with E-state index in [1.807, 2.05) is 18.2 Å². The molecule has 0 aliphatic heterocycles. The van der Waals surface area contributed by atoms with E-state index in [0.29, 0.717) is 11.3 Å². The van der Waals surface area contributed by atoms with E-state index >= 15 is 0 Å². The van der Waals surface area contributed by atoms with Crippen molar-refractivity contribution in [2.24, 2.45) is 0 Å². The number of nitrogens with zero attached hydrogens (tertiary/aromatic N) is 1. The highest BCUT2D eigenvalue weighted by Gasteiger charge is 2.13. The number of hydrogen-bond acceptors (Lipinski definition) is 3. The Morgan fingerprint density at radius 3 is 2.65 bits per heavy atom. The second-order valence-corrected chi connectivity index (χ2v) is 5.46. The quantitative estimate of drug-likeness (QED) is 0.839. The summed E-state index contributed by atoms with van der Waals surface area (Å²) >= 11 is 6.19. The molecule has 0 amide bonds. The third-order valence-corrected chi connectivity index (χ3v) is 4.01. The van der Waals surface area contributed by atoms with Crippen LogP contribution in [0.25, 0.3) is 11.0 Å². The molecule has 2 aromatic rings. The van der Waals surface area contributed by atoms with Crippen LogP contribution in [0.1, 0.15) is 26.3 Å². The van der Waals surface area contributed by atoms with Gasteiger partial charge in [0, 0.05) is 30.1 Å². The lowest BCUT2D eigenvalue weighted by atomic mass is 10.1. The van der Waals surface area contributed by atoms with Gasteiger partial charge in [-0.25, -0.2) is 0 Å². The normalized spacial score (nSPS) is 13.2. The number of rotatable bonds is 7. The maximum atomic E-state index is 6.19. The van der Waals surface area contributed by atoms with Crippen LogP contribution in [0.2, 0.25) is 5.22 Å². The van der Waals surface area contributed by atoms with Gasteiger partial charge < -0.3 is 14.6 Å². The van der Waals surface area contributed by atoms with E-state index < -0.39 is 0 Å². The molecule has 0 saturated carbocycles. The van der Waals surface area contributed by atoms with Crippen LogP contribution >= 0.6 is 11.6 Å². The molecule has 2 rings (SSSR count). The number of furan rings is 1. The van der Waals surface area contributed by atoms with E-state index in [4.69, 9.17) is 16.0 Å². The molecule has 0 spiro atoms. The summed E-state index contributed by atoms with van der Waals surface area (Å²) < 4.78 is 5.57. The molecule has 1 aromatic heterocycles. The minimum absolute atomic E-state index is 0.416. The van der Waals surface area contributed by atoms with Crippen LogP contribution < -0.4 is 5.32 Å². The summed E-state index contributed by atoms with van der Waals surface area (Å²) in [6, 6.07) is 8.39. The first kappa shape index (κ1) is 15.4. The summed E-state index contributed by atoms with van der Waals surface area (Å²) in [5, 5.41) is 5.12. The maximum Gasteiger partial charge on any atom is 0.199 e. The number of hydrogen-bond donors (Lipinski definition) is 1. The Hall–Kier alpha value is -1.03. The van der Waals surface area contributed by atoms with E-state index in [0.717, 1.165) is 42.7 Å². The number of nitrogens with one attached hydrogen (secondary N) is 1. The first-order chi connectivity index (χ1) is 9.65. The largest absolute Gasteiger partial charge is 0.444 e. The standard InChI is InChI=1S/C16H23ClN2O/c1-4-19(5-2)11-12(3)18-10-14-13-8-6-7-9-15(13)20-16(14)17/h6-9,12,18H,4-5,10-11H2,1-3H3. The molecule has 0 radical (unpaired) electrons. The lowest BCUT2D eigenvalue weighted by Crippen LogP contribution is -2.38. The zero-order valence-electron chi connectivity index (χ0n) is 12.4. The fraction of sp³-hybridized carbons (Fsp3) is 0.500. The van der Waals surface area contributed by atoms with E-state index in [1.165, 1.54) is 0 Å². The predicted octanol–water partition coefficient (Wildman–Crippen LogP) is 3.91. The van der Waals surface area contributed by atoms with E-state index in [9.17, 15) is 0 Å². The molecule has 110 valence electrons. The van der Waals surface area contributed by atoms with Crippen LogP contribution in [0.4, 0.5) is 0 Å². The monoisotopic (exact) mass is 294 g/mol. The second-order valence-electron chi connectivity index (χ2n) is 5.12. The Bertz CT molecular complexity index is 548. The molecule has 1 unspecified atom stereocenters. The van der Waals surface area contributed by atoms with Gasteiger partial charge in [-0.15, -0.1) is 0 Å². The summed E-state index contributed by atoms with van der Waals surface area (Å²) in [4.78, 5) is 2.41. The second kappa shape index (κ2) is 7.11. The molecule has 0 saturated heterocycles. The van der Waals surface area contributed by atoms with Gasteiger partial charge in [0.15, 0.2) is 5.22 Å². The van der Waals surface area contributed by atoms with E-state index in [-0.39, 0.29) is 0 Å². The molecule has 1 aromatic carbocycles. The van der Waals surface area contributed by atoms with Crippen molar-refractivity contribution in [2.45, 2.75) is 33.4 Å². The highest BCUT2D eigenvalue weighted by molar-refractivity contribution is 6.30. The van der Waals surface area contributed by atoms with Crippen molar-refractivity contribution in [2.75, 3.05) is 19.6 Å². The van der Waals surface area contributed by atoms with E-state index in [1.54, 1.807) is 0 Å². The molecular formula is C16H23ClN2O. The van der Waals surface area contributed by atoms with Crippen molar-refractivity contribution in [3.05, 3.63) is 35.0 Å². The highest BCUT2D eigenvalue weighted by atomic mass is 35.5. The first-order valence-corrected chi connectivity index (χ1v) is 7.65. The smallest absolute Gasteiger partial charge is 0.199 e. The lowest BCUT2D eigenvalue weighted by molar-refractivity contribution is 0.270. The van der Waals surface area contributed by atoms with Crippen LogP contribution in [0.3, 0.4) is 0 Å². The van der Waals surface area contributed by atoms with Crippen LogP contribution in [0.15, 0.2) is 28.7 Å². The molecule has 1 atom stereocenters. The predicted molar refractivity (Wildman–Crippen MR) is 85.3 cm³/mol. The molecule has 3 nitrogen and oxygen atoms in total. The molecular weight excluding hydrogens is 272 g/mol. The fourth-order valence-electron chi connectivity index (χ4n) is 2.44. The molecule has 1 heterocycles. The van der Waals surface area contributed by atoms with Crippen molar-refractivity contribution in [1.29, 1.82) is 0 Å². The van der Waals surface area contributed by atoms with Crippen LogP contribution in [-0.4, -0.2) is 30.6 Å². The third-order valence-electron chi connectivity index (χ3n) is 3.70. The van der Waals surface area contributed by atoms with Crippen LogP contribution in [0, 0.1) is 0 Å². The molecule has 0 aliphatic carbocycles. The molecule has 0 bridgehead atoms. The Morgan fingerprint density at radius 1 is 1.25 bits per heavy atom. The minimum atomic E-state index is 0.416. The fourth-order valence-corrected chi connectivity index (χ4v) is 2.70. The molecule has 0 aliphatic rings. The van der Waals surface area contributed by atoms with Crippen molar-refractivity contribution in [3.8, 4) is 0 Å². The lowest BCUT2D eigenvalue weighted by Gasteiger charge is -2.23. The first-order valence-electron chi connectivity index (χ1n) is 7.27. The Balaban J connectivity index is 2.00. The van der Waals surface area contributed by atoms with Gasteiger partial charge in [-0.2, -0.15) is 0 Å². The Labute approximate surface area is 125 Å². The molecule has 0 fully saturated rings. The van der Waals surface area contributed by atoms with Gasteiger partial charge in [-0.05, 0) is 37.7 Å². The number of benzene rings is 1. The number of halogens is 1. The summed E-state index contributed by atoms with van der Waals surface area (Å²) in [6.07, 6.45) is 0. The van der Waals surface area contributed by atoms with Gasteiger partial charge in [0.05, 0.1) is 0 Å². The zero-order valence-corrected chi connectivity index (χ0v) is 13.2. The molecule has 1 N–H and O–H groups in total. The summed E-state index contributed by atoms with van der Waals surface area (Å²) in [7, 11) is 0. The number of likely N-dealkylation sites (N-methyl/N-ethyl adjacent to an activating group) is 1. The van der Waals surface area contributed by atoms with Gasteiger partial charge >= 0.3 is 0 Å². The number of para-hydroxylation sites is 1. The average molecular weight is 295 g/mol. The van der Waals surface area contributed by atoms with Crippen LogP contribution in [-0.2, 0) is 6.54 Å². The van der Waals surface area contributed by atoms with Gasteiger partial charge in [0.1, 0.15) is 5.58 Å². The van der Waals surface area contributed by atoms with Crippen molar-refractivity contribution in [3.63, 3.8) is 0 Å². The van der Waals surface area contributed by atoms with Crippen molar-refractivity contribution in [1.82, 2.24) is 10.2 Å². The maximum absolute atomic E-state index is 6.19. The van der Waals surface area contributed by atoms with E-state index in [2.05, 4.69) is 37.1 Å².